The molecule has 244 valence electrons. The second-order valence-corrected chi connectivity index (χ2v) is 12.3. The number of aldehydes is 1. The number of likely N-dealkylation sites (N-methyl/N-ethyl adjacent to an activating group) is 1. The van der Waals surface area contributed by atoms with Crippen LogP contribution in [0.3, 0.4) is 0 Å². The summed E-state index contributed by atoms with van der Waals surface area (Å²) < 4.78 is 33.1. The predicted octanol–water partition coefficient (Wildman–Crippen LogP) is 3.71. The second kappa shape index (κ2) is 16.2. The Morgan fingerprint density at radius 2 is 1.84 bits per heavy atom. The second-order valence-electron chi connectivity index (χ2n) is 11.3. The zero-order valence-electron chi connectivity index (χ0n) is 25.9. The number of ether oxygens (including phenoxy) is 1. The molecule has 1 aromatic carbocycles. The standard InChI is InChI=1S/C16H25N5O3.C15H14F2S.CH2O2/c1-13(19-7-5-18(2)6-8-19)15-16(23)20-9-11-24-12-14(20)17-21(15)4-3-10-22;1-9-6-11-7-10-4-2-3-5-13(10)18-8-12(11)15(17)14(9)16;2-1-3/h3-4,10,14,17H,5-9,11-12H2,1-2H3;2-5,9H,6-8H2,1H3;1H,(H,2,3)/b4-3-,15-13+;;. The summed E-state index contributed by atoms with van der Waals surface area (Å²) >= 11 is 1.60. The lowest BCUT2D eigenvalue weighted by molar-refractivity contribution is -0.147. The van der Waals surface area contributed by atoms with Gasteiger partial charge in [0.1, 0.15) is 24.0 Å². The molecule has 45 heavy (non-hydrogen) atoms. The average Bonchev–Trinajstić information content (AvgIpc) is 3.23. The summed E-state index contributed by atoms with van der Waals surface area (Å²) in [5.41, 5.74) is 7.67. The van der Waals surface area contributed by atoms with Gasteiger partial charge >= 0.3 is 0 Å². The number of morpholine rings is 1. The van der Waals surface area contributed by atoms with Gasteiger partial charge in [0.15, 0.2) is 5.83 Å². The third-order valence-corrected chi connectivity index (χ3v) is 9.53. The van der Waals surface area contributed by atoms with E-state index in [1.54, 1.807) is 29.9 Å². The van der Waals surface area contributed by atoms with Gasteiger partial charge in [0.2, 0.25) is 0 Å². The molecular weight excluding hydrogens is 604 g/mol. The van der Waals surface area contributed by atoms with Gasteiger partial charge in [-0.25, -0.2) is 14.2 Å². The van der Waals surface area contributed by atoms with Gasteiger partial charge in [-0.1, -0.05) is 30.7 Å². The van der Waals surface area contributed by atoms with Crippen LogP contribution in [0.5, 0.6) is 0 Å². The molecule has 5 aliphatic rings. The fourth-order valence-corrected chi connectivity index (χ4v) is 7.02. The number of piperazine rings is 1. The number of hydrogen-bond donors (Lipinski definition) is 2. The van der Waals surface area contributed by atoms with E-state index in [-0.39, 0.29) is 24.5 Å². The van der Waals surface area contributed by atoms with Gasteiger partial charge in [-0.05, 0) is 44.5 Å². The topological polar surface area (TPSA) is 106 Å². The molecule has 4 aliphatic heterocycles. The number of allylic oxidation sites excluding steroid dienone is 5. The lowest BCUT2D eigenvalue weighted by Gasteiger charge is -2.46. The van der Waals surface area contributed by atoms with Crippen LogP contribution in [0.1, 0.15) is 25.8 Å². The third kappa shape index (κ3) is 8.20. The molecule has 1 aliphatic carbocycles. The molecule has 1 amide bonds. The molecule has 0 aromatic heterocycles. The summed E-state index contributed by atoms with van der Waals surface area (Å²) in [6.07, 6.45) is 4.89. The minimum atomic E-state index is -0.607. The number of carbonyl (C=O) groups is 3. The Morgan fingerprint density at radius 3 is 2.56 bits per heavy atom. The Hall–Kier alpha value is -3.52. The number of fused-ring (bicyclic) bond motifs is 2. The monoisotopic (exact) mass is 645 g/mol. The highest BCUT2D eigenvalue weighted by atomic mass is 32.2. The molecule has 3 fully saturated rings. The molecule has 6 rings (SSSR count). The summed E-state index contributed by atoms with van der Waals surface area (Å²) in [7, 11) is 2.10. The quantitative estimate of drug-likeness (QED) is 0.374. The number of thioether (sulfide) groups is 1. The fourth-order valence-electron chi connectivity index (χ4n) is 5.89. The Morgan fingerprint density at radius 1 is 1.13 bits per heavy atom. The van der Waals surface area contributed by atoms with Crippen LogP contribution in [0, 0.1) is 5.92 Å². The maximum Gasteiger partial charge on any atom is 0.290 e. The van der Waals surface area contributed by atoms with Crippen molar-refractivity contribution in [2.75, 3.05) is 58.7 Å². The van der Waals surface area contributed by atoms with Crippen molar-refractivity contribution in [3.8, 4) is 0 Å². The lowest BCUT2D eigenvalue weighted by Crippen LogP contribution is -2.65. The first kappa shape index (κ1) is 34.4. The molecule has 3 saturated heterocycles. The van der Waals surface area contributed by atoms with Gasteiger partial charge in [0.05, 0.1) is 13.2 Å². The number of hydrogen-bond acceptors (Lipinski definition) is 9. The van der Waals surface area contributed by atoms with Crippen LogP contribution < -0.4 is 5.43 Å². The number of rotatable bonds is 3. The molecule has 2 N–H and O–H groups in total. The molecular formula is C32H41F2N5O5S. The van der Waals surface area contributed by atoms with Crippen LogP contribution in [0.2, 0.25) is 0 Å². The molecule has 2 atom stereocenters. The maximum absolute atomic E-state index is 14.0. The largest absolute Gasteiger partial charge is 0.483 e. The van der Waals surface area contributed by atoms with E-state index in [0.29, 0.717) is 49.5 Å². The van der Waals surface area contributed by atoms with Gasteiger partial charge in [-0.15, -0.1) is 11.8 Å². The van der Waals surface area contributed by atoms with Crippen molar-refractivity contribution in [3.05, 3.63) is 76.3 Å². The Kier molecular flexibility index (Phi) is 12.3. The van der Waals surface area contributed by atoms with E-state index >= 15 is 0 Å². The number of nitrogens with zero attached hydrogens (tertiary/aromatic N) is 4. The van der Waals surface area contributed by atoms with Crippen LogP contribution >= 0.6 is 11.8 Å². The van der Waals surface area contributed by atoms with Gasteiger partial charge in [0, 0.05) is 66.8 Å². The minimum absolute atomic E-state index is 0.0194. The van der Waals surface area contributed by atoms with Crippen LogP contribution in [0.25, 0.3) is 0 Å². The number of nitrogens with one attached hydrogen (secondary N) is 1. The smallest absolute Gasteiger partial charge is 0.290 e. The van der Waals surface area contributed by atoms with Crippen molar-refractivity contribution < 1.29 is 33.0 Å². The van der Waals surface area contributed by atoms with Crippen LogP contribution in [-0.4, -0.2) is 108 Å². The molecule has 0 bridgehead atoms. The summed E-state index contributed by atoms with van der Waals surface area (Å²) in [5.74, 6) is -0.976. The van der Waals surface area contributed by atoms with E-state index in [1.807, 2.05) is 24.0 Å². The first-order valence-electron chi connectivity index (χ1n) is 15.0. The van der Waals surface area contributed by atoms with Gasteiger partial charge < -0.3 is 24.5 Å². The highest BCUT2D eigenvalue weighted by Crippen LogP contribution is 2.42. The number of benzene rings is 1. The van der Waals surface area contributed by atoms with E-state index in [2.05, 4.69) is 34.4 Å². The van der Waals surface area contributed by atoms with Crippen LogP contribution in [0.15, 0.2) is 75.6 Å². The van der Waals surface area contributed by atoms with Crippen molar-refractivity contribution in [2.45, 2.75) is 37.8 Å². The number of carboxylic acid groups (broad SMARTS) is 1. The first-order valence-corrected chi connectivity index (χ1v) is 15.9. The van der Waals surface area contributed by atoms with Crippen LogP contribution in [0.4, 0.5) is 8.78 Å². The Balaban J connectivity index is 0.000000195. The van der Waals surface area contributed by atoms with Crippen molar-refractivity contribution in [3.63, 3.8) is 0 Å². The average molecular weight is 646 g/mol. The summed E-state index contributed by atoms with van der Waals surface area (Å²) in [6, 6.07) is 8.13. The molecule has 0 saturated carbocycles. The summed E-state index contributed by atoms with van der Waals surface area (Å²) in [6.45, 7) is 8.75. The normalized spacial score (nSPS) is 24.8. The van der Waals surface area contributed by atoms with E-state index in [1.165, 1.54) is 16.5 Å². The van der Waals surface area contributed by atoms with Crippen LogP contribution in [-0.2, 0) is 25.5 Å². The predicted molar refractivity (Wildman–Crippen MR) is 168 cm³/mol. The van der Waals surface area contributed by atoms with E-state index in [4.69, 9.17) is 14.6 Å². The van der Waals surface area contributed by atoms with E-state index < -0.39 is 11.7 Å². The third-order valence-electron chi connectivity index (χ3n) is 8.39. The number of hydrazine groups is 1. The molecule has 1 aromatic rings. The molecule has 0 radical (unpaired) electrons. The number of halogens is 2. The highest BCUT2D eigenvalue weighted by Gasteiger charge is 2.39. The maximum atomic E-state index is 14.0. The van der Waals surface area contributed by atoms with E-state index in [0.717, 1.165) is 43.9 Å². The molecule has 4 heterocycles. The Bertz CT molecular complexity index is 1380. The fraction of sp³-hybridized carbons (Fsp3) is 0.469. The van der Waals surface area contributed by atoms with Gasteiger partial charge in [-0.3, -0.25) is 19.4 Å². The minimum Gasteiger partial charge on any atom is -0.483 e. The Labute approximate surface area is 267 Å². The zero-order chi connectivity index (χ0) is 32.5. The zero-order valence-corrected chi connectivity index (χ0v) is 26.7. The molecule has 2 unspecified atom stereocenters. The van der Waals surface area contributed by atoms with E-state index in [9.17, 15) is 18.4 Å². The number of amides is 1. The number of carbonyl (C=O) groups excluding carboxylic acids is 2. The highest BCUT2D eigenvalue weighted by molar-refractivity contribution is 7.99. The molecule has 0 spiro atoms. The van der Waals surface area contributed by atoms with Gasteiger partial charge in [-0.2, -0.15) is 0 Å². The van der Waals surface area contributed by atoms with Crippen molar-refractivity contribution in [1.82, 2.24) is 25.1 Å². The van der Waals surface area contributed by atoms with Crippen molar-refractivity contribution in [1.29, 1.82) is 0 Å². The molecule has 10 nitrogen and oxygen atoms in total. The lowest BCUT2D eigenvalue weighted by atomic mass is 9.86. The van der Waals surface area contributed by atoms with Crippen molar-refractivity contribution >= 4 is 30.4 Å². The first-order chi connectivity index (χ1) is 21.7. The van der Waals surface area contributed by atoms with Crippen molar-refractivity contribution in [2.24, 2.45) is 5.92 Å². The summed E-state index contributed by atoms with van der Waals surface area (Å²) in [5, 5.41) is 8.56. The summed E-state index contributed by atoms with van der Waals surface area (Å²) in [4.78, 5) is 39.7. The van der Waals surface area contributed by atoms with Gasteiger partial charge in [0.25, 0.3) is 12.4 Å². The SMILES string of the molecule is C/C(=C1/C(=O)N2CCOCC2NN1/C=C\C=O)N1CCN(C)CC1.CC1CC2=C(CSc3ccccc3C2)C(F)=C1F.O=CO. The molecule has 13 heteroatoms.